The van der Waals surface area contributed by atoms with Gasteiger partial charge in [-0.3, -0.25) is 4.79 Å². The van der Waals surface area contributed by atoms with Crippen LogP contribution < -0.4 is 5.32 Å². The Morgan fingerprint density at radius 3 is 2.70 bits per heavy atom. The maximum atomic E-state index is 10.4. The van der Waals surface area contributed by atoms with Gasteiger partial charge in [-0.25, -0.2) is 4.63 Å². The van der Waals surface area contributed by atoms with Gasteiger partial charge in [0.05, 0.1) is 0 Å². The van der Waals surface area contributed by atoms with Crippen LogP contribution in [0.2, 0.25) is 0 Å². The molecule has 1 aromatic rings. The molecule has 0 fully saturated rings. The Morgan fingerprint density at radius 1 is 1.60 bits per heavy atom. The first-order chi connectivity index (χ1) is 4.70. The van der Waals surface area contributed by atoms with Crippen LogP contribution in [-0.4, -0.2) is 16.2 Å². The molecule has 0 aliphatic heterocycles. The van der Waals surface area contributed by atoms with E-state index in [1.54, 1.807) is 6.92 Å². The maximum absolute atomic E-state index is 10.4. The lowest BCUT2D eigenvalue weighted by Gasteiger charge is -1.92. The zero-order chi connectivity index (χ0) is 7.56. The lowest BCUT2D eigenvalue weighted by molar-refractivity contribution is -0.114. The van der Waals surface area contributed by atoms with Gasteiger partial charge in [-0.2, -0.15) is 0 Å². The minimum atomic E-state index is -0.182. The zero-order valence-electron chi connectivity index (χ0n) is 5.71. The average molecular weight is 141 g/mol. The van der Waals surface area contributed by atoms with Crippen LogP contribution in [0.4, 0.5) is 5.82 Å². The van der Waals surface area contributed by atoms with Crippen LogP contribution in [0.15, 0.2) is 4.63 Å². The van der Waals surface area contributed by atoms with Gasteiger partial charge in [0.1, 0.15) is 5.69 Å². The van der Waals surface area contributed by atoms with Gasteiger partial charge in [-0.15, -0.1) is 0 Å². The Labute approximate surface area is 57.4 Å². The molecule has 1 N–H and O–H groups in total. The Hall–Kier alpha value is -1.39. The Balaban J connectivity index is 2.74. The lowest BCUT2D eigenvalue weighted by Crippen LogP contribution is -2.06. The molecule has 0 radical (unpaired) electrons. The number of hydrogen-bond donors (Lipinski definition) is 1. The summed E-state index contributed by atoms with van der Waals surface area (Å²) in [7, 11) is 0. The molecule has 1 aromatic heterocycles. The number of amides is 1. The van der Waals surface area contributed by atoms with E-state index < -0.39 is 0 Å². The van der Waals surface area contributed by atoms with Gasteiger partial charge in [0.25, 0.3) is 0 Å². The predicted octanol–water partition coefficient (Wildman–Crippen LogP) is 0.336. The van der Waals surface area contributed by atoms with Gasteiger partial charge in [0, 0.05) is 6.92 Å². The zero-order valence-corrected chi connectivity index (χ0v) is 5.71. The van der Waals surface area contributed by atoms with Crippen LogP contribution in [0.1, 0.15) is 12.6 Å². The normalized spacial score (nSPS) is 9.40. The molecule has 10 heavy (non-hydrogen) atoms. The molecule has 1 amide bonds. The first kappa shape index (κ1) is 6.73. The number of carbonyl (C=O) groups excluding carboxylic acids is 1. The molecule has 0 atom stereocenters. The standard InChI is InChI=1S/C5H7N3O2/c1-3-5(6-4(2)9)8-10-7-3/h1-2H3,(H,6,8,9). The number of hydrogen-bond acceptors (Lipinski definition) is 4. The second-order valence-corrected chi connectivity index (χ2v) is 1.88. The summed E-state index contributed by atoms with van der Waals surface area (Å²) in [5.41, 5.74) is 0.579. The summed E-state index contributed by atoms with van der Waals surface area (Å²) in [4.78, 5) is 10.4. The monoisotopic (exact) mass is 141 g/mol. The van der Waals surface area contributed by atoms with Crippen LogP contribution in [-0.2, 0) is 4.79 Å². The number of aryl methyl sites for hydroxylation is 1. The van der Waals surface area contributed by atoms with Crippen molar-refractivity contribution in [3.05, 3.63) is 5.69 Å². The average Bonchev–Trinajstić information content (AvgIpc) is 2.15. The number of nitrogens with one attached hydrogen (secondary N) is 1. The molecule has 0 saturated heterocycles. The van der Waals surface area contributed by atoms with Gasteiger partial charge < -0.3 is 5.32 Å². The molecule has 1 rings (SSSR count). The van der Waals surface area contributed by atoms with E-state index in [0.29, 0.717) is 11.5 Å². The highest BCUT2D eigenvalue weighted by Gasteiger charge is 2.04. The van der Waals surface area contributed by atoms with E-state index in [1.807, 2.05) is 0 Å². The number of anilines is 1. The van der Waals surface area contributed by atoms with Gasteiger partial charge in [0.2, 0.25) is 5.91 Å². The van der Waals surface area contributed by atoms with Crippen LogP contribution in [0.5, 0.6) is 0 Å². The van der Waals surface area contributed by atoms with E-state index in [0.717, 1.165) is 0 Å². The molecule has 0 aliphatic rings. The molecule has 5 nitrogen and oxygen atoms in total. The summed E-state index contributed by atoms with van der Waals surface area (Å²) in [5.74, 6) is 0.200. The smallest absolute Gasteiger partial charge is 0.222 e. The Bertz CT molecular complexity index is 243. The second-order valence-electron chi connectivity index (χ2n) is 1.88. The Morgan fingerprint density at radius 2 is 2.30 bits per heavy atom. The van der Waals surface area contributed by atoms with Gasteiger partial charge in [0.15, 0.2) is 5.82 Å². The number of rotatable bonds is 1. The van der Waals surface area contributed by atoms with Gasteiger partial charge >= 0.3 is 0 Å². The van der Waals surface area contributed by atoms with Crippen LogP contribution in [0.25, 0.3) is 0 Å². The summed E-state index contributed by atoms with van der Waals surface area (Å²) >= 11 is 0. The summed E-state index contributed by atoms with van der Waals surface area (Å²) in [5, 5.41) is 9.35. The minimum Gasteiger partial charge on any atom is -0.306 e. The number of aromatic nitrogens is 2. The Kier molecular flexibility index (Phi) is 1.66. The molecule has 0 bridgehead atoms. The van der Waals surface area contributed by atoms with Crippen molar-refractivity contribution in [2.24, 2.45) is 0 Å². The molecule has 0 saturated carbocycles. The largest absolute Gasteiger partial charge is 0.306 e. The quantitative estimate of drug-likeness (QED) is 0.612. The fourth-order valence-corrected chi connectivity index (χ4v) is 0.512. The molecular formula is C5H7N3O2. The van der Waals surface area contributed by atoms with Gasteiger partial charge in [-0.05, 0) is 12.1 Å². The number of carbonyl (C=O) groups is 1. The van der Waals surface area contributed by atoms with E-state index in [1.165, 1.54) is 6.92 Å². The topological polar surface area (TPSA) is 68.0 Å². The van der Waals surface area contributed by atoms with E-state index in [4.69, 9.17) is 0 Å². The van der Waals surface area contributed by atoms with E-state index in [9.17, 15) is 4.79 Å². The highest BCUT2D eigenvalue weighted by atomic mass is 16.6. The summed E-state index contributed by atoms with van der Waals surface area (Å²) in [6.07, 6.45) is 0. The second kappa shape index (κ2) is 2.47. The first-order valence-electron chi connectivity index (χ1n) is 2.77. The van der Waals surface area contributed by atoms with Crippen molar-refractivity contribution in [1.82, 2.24) is 10.3 Å². The summed E-state index contributed by atoms with van der Waals surface area (Å²) in [6, 6.07) is 0. The van der Waals surface area contributed by atoms with Crippen LogP contribution in [0, 0.1) is 6.92 Å². The van der Waals surface area contributed by atoms with Crippen molar-refractivity contribution in [3.8, 4) is 0 Å². The minimum absolute atomic E-state index is 0.182. The number of nitrogens with zero attached hydrogens (tertiary/aromatic N) is 2. The highest BCUT2D eigenvalue weighted by Crippen LogP contribution is 2.05. The molecule has 0 aromatic carbocycles. The third-order valence-electron chi connectivity index (χ3n) is 0.947. The molecule has 1 heterocycles. The maximum Gasteiger partial charge on any atom is 0.222 e. The SMILES string of the molecule is CC(=O)Nc1nonc1C. The van der Waals surface area contributed by atoms with Gasteiger partial charge in [-0.1, -0.05) is 5.16 Å². The molecule has 0 aliphatic carbocycles. The van der Waals surface area contributed by atoms with E-state index >= 15 is 0 Å². The van der Waals surface area contributed by atoms with Crippen molar-refractivity contribution in [2.45, 2.75) is 13.8 Å². The molecule has 0 spiro atoms. The third-order valence-corrected chi connectivity index (χ3v) is 0.947. The van der Waals surface area contributed by atoms with E-state index in [-0.39, 0.29) is 5.91 Å². The van der Waals surface area contributed by atoms with Crippen LogP contribution in [0.3, 0.4) is 0 Å². The van der Waals surface area contributed by atoms with Crippen molar-refractivity contribution in [2.75, 3.05) is 5.32 Å². The van der Waals surface area contributed by atoms with Crippen molar-refractivity contribution in [3.63, 3.8) is 0 Å². The van der Waals surface area contributed by atoms with Crippen LogP contribution >= 0.6 is 0 Å². The molecular weight excluding hydrogens is 134 g/mol. The highest BCUT2D eigenvalue weighted by molar-refractivity contribution is 5.87. The first-order valence-corrected chi connectivity index (χ1v) is 2.77. The fraction of sp³-hybridized carbons (Fsp3) is 0.400. The fourth-order valence-electron chi connectivity index (χ4n) is 0.512. The summed E-state index contributed by atoms with van der Waals surface area (Å²) in [6.45, 7) is 3.09. The summed E-state index contributed by atoms with van der Waals surface area (Å²) < 4.78 is 4.33. The third kappa shape index (κ3) is 1.31. The lowest BCUT2D eigenvalue weighted by atomic mass is 10.5. The molecule has 0 unspecified atom stereocenters. The molecule has 54 valence electrons. The van der Waals surface area contributed by atoms with Crippen molar-refractivity contribution in [1.29, 1.82) is 0 Å². The molecule has 5 heteroatoms. The predicted molar refractivity (Wildman–Crippen MR) is 33.3 cm³/mol. The van der Waals surface area contributed by atoms with Crippen molar-refractivity contribution < 1.29 is 9.42 Å². The van der Waals surface area contributed by atoms with Crippen molar-refractivity contribution >= 4 is 11.7 Å². The van der Waals surface area contributed by atoms with E-state index in [2.05, 4.69) is 20.3 Å².